The van der Waals surface area contributed by atoms with Crippen LogP contribution in [0, 0.1) is 5.41 Å². The van der Waals surface area contributed by atoms with E-state index >= 15 is 0 Å². The van der Waals surface area contributed by atoms with Crippen LogP contribution in [0.1, 0.15) is 50.7 Å². The first kappa shape index (κ1) is 25.2. The van der Waals surface area contributed by atoms with Crippen molar-refractivity contribution in [2.24, 2.45) is 10.4 Å². The molecular weight excluding hydrogens is 460 g/mol. The van der Waals surface area contributed by atoms with Crippen LogP contribution in [0.3, 0.4) is 0 Å². The van der Waals surface area contributed by atoms with Gasteiger partial charge in [-0.25, -0.2) is 9.59 Å². The van der Waals surface area contributed by atoms with Crippen molar-refractivity contribution in [2.45, 2.75) is 45.6 Å². The summed E-state index contributed by atoms with van der Waals surface area (Å²) in [6.45, 7) is 5.08. The largest absolute Gasteiger partial charge is 0.511 e. The van der Waals surface area contributed by atoms with E-state index in [2.05, 4.69) is 10.3 Å². The molecule has 0 radical (unpaired) electrons. The molecule has 0 fully saturated rings. The monoisotopic (exact) mass is 490 g/mol. The summed E-state index contributed by atoms with van der Waals surface area (Å²) in [5, 5.41) is 22.3. The molecule has 0 spiro atoms. The standard InChI is InChI=1S/C28H30N2O6/c1-16(25-23(31)12-28(2,3)13-24(25)32)29-14-22(26(33)34)30-27(35)36-15-21-19-10-6-4-8-17(19)18-9-5-7-11-20(18)21/h4-11,21-22,31H,12-15H2,1-3H3,(H,30,35)(H,33,34)/t22-/m1/s1. The highest BCUT2D eigenvalue weighted by atomic mass is 16.5. The second kappa shape index (κ2) is 9.97. The molecule has 2 aliphatic carbocycles. The van der Waals surface area contributed by atoms with E-state index in [0.29, 0.717) is 6.42 Å². The molecule has 0 heterocycles. The highest BCUT2D eigenvalue weighted by Crippen LogP contribution is 2.44. The maximum absolute atomic E-state index is 12.5. The summed E-state index contributed by atoms with van der Waals surface area (Å²) in [5.41, 5.74) is 4.31. The van der Waals surface area contributed by atoms with Crippen LogP contribution in [0.15, 0.2) is 64.9 Å². The quantitative estimate of drug-likeness (QED) is 0.486. The predicted molar refractivity (Wildman–Crippen MR) is 135 cm³/mol. The third-order valence-corrected chi connectivity index (χ3v) is 6.66. The van der Waals surface area contributed by atoms with Gasteiger partial charge in [0.1, 0.15) is 18.4 Å². The number of hydrogen-bond donors (Lipinski definition) is 3. The lowest BCUT2D eigenvalue weighted by molar-refractivity contribution is -0.139. The van der Waals surface area contributed by atoms with Gasteiger partial charge >= 0.3 is 12.1 Å². The lowest BCUT2D eigenvalue weighted by Crippen LogP contribution is -2.43. The average molecular weight is 491 g/mol. The Balaban J connectivity index is 1.41. The van der Waals surface area contributed by atoms with Gasteiger partial charge in [-0.3, -0.25) is 9.79 Å². The van der Waals surface area contributed by atoms with Gasteiger partial charge in [0, 0.05) is 24.5 Å². The number of benzene rings is 2. The first-order valence-corrected chi connectivity index (χ1v) is 11.9. The van der Waals surface area contributed by atoms with E-state index in [0.717, 1.165) is 22.3 Å². The second-order valence-corrected chi connectivity index (χ2v) is 10.0. The number of aliphatic carboxylic acids is 1. The molecule has 8 nitrogen and oxygen atoms in total. The summed E-state index contributed by atoms with van der Waals surface area (Å²) in [6.07, 6.45) is -0.268. The van der Waals surface area contributed by atoms with Crippen molar-refractivity contribution >= 4 is 23.6 Å². The van der Waals surface area contributed by atoms with Gasteiger partial charge in [0.05, 0.1) is 12.1 Å². The van der Waals surface area contributed by atoms with Gasteiger partial charge in [-0.15, -0.1) is 0 Å². The highest BCUT2D eigenvalue weighted by molar-refractivity contribution is 6.22. The molecule has 4 rings (SSSR count). The van der Waals surface area contributed by atoms with Crippen molar-refractivity contribution in [2.75, 3.05) is 13.2 Å². The molecule has 0 bridgehead atoms. The van der Waals surface area contributed by atoms with Crippen molar-refractivity contribution in [3.63, 3.8) is 0 Å². The molecule has 2 aromatic carbocycles. The number of aliphatic imine (C=N–C) groups is 1. The number of carbonyl (C=O) groups excluding carboxylic acids is 2. The number of aliphatic hydroxyl groups is 1. The number of aliphatic hydroxyl groups excluding tert-OH is 1. The van der Waals surface area contributed by atoms with Gasteiger partial charge in [0.15, 0.2) is 5.78 Å². The molecular formula is C28H30N2O6. The van der Waals surface area contributed by atoms with Gasteiger partial charge in [0.2, 0.25) is 0 Å². The number of carbonyl (C=O) groups is 3. The number of carboxylic acid groups (broad SMARTS) is 1. The van der Waals surface area contributed by atoms with Crippen molar-refractivity contribution in [3.05, 3.63) is 71.0 Å². The number of fused-ring (bicyclic) bond motifs is 3. The fourth-order valence-corrected chi connectivity index (χ4v) is 4.97. The van der Waals surface area contributed by atoms with E-state index < -0.39 is 18.1 Å². The van der Waals surface area contributed by atoms with Crippen LogP contribution in [0.4, 0.5) is 4.79 Å². The number of nitrogens with one attached hydrogen (secondary N) is 1. The highest BCUT2D eigenvalue weighted by Gasteiger charge is 2.34. The molecule has 2 aromatic rings. The predicted octanol–water partition coefficient (Wildman–Crippen LogP) is 4.64. The SMILES string of the molecule is CC(=NC[C@@H](NC(=O)OCC1c2ccccc2-c2ccccc21)C(=O)O)C1=C(O)CC(C)(C)CC1=O. The van der Waals surface area contributed by atoms with Gasteiger partial charge in [0.25, 0.3) is 0 Å². The van der Waals surface area contributed by atoms with E-state index in [4.69, 9.17) is 4.74 Å². The van der Waals surface area contributed by atoms with Gasteiger partial charge < -0.3 is 20.3 Å². The molecule has 0 aliphatic heterocycles. The third kappa shape index (κ3) is 5.17. The molecule has 0 saturated heterocycles. The van der Waals surface area contributed by atoms with Crippen molar-refractivity contribution < 1.29 is 29.3 Å². The Morgan fingerprint density at radius 2 is 1.67 bits per heavy atom. The summed E-state index contributed by atoms with van der Waals surface area (Å²) in [5.74, 6) is -1.72. The summed E-state index contributed by atoms with van der Waals surface area (Å²) >= 11 is 0. The lowest BCUT2D eigenvalue weighted by Gasteiger charge is -2.29. The lowest BCUT2D eigenvalue weighted by atomic mass is 9.76. The Kier molecular flexibility index (Phi) is 6.97. The molecule has 188 valence electrons. The minimum Gasteiger partial charge on any atom is -0.511 e. The zero-order valence-corrected chi connectivity index (χ0v) is 20.6. The number of nitrogens with zero attached hydrogens (tertiary/aromatic N) is 1. The zero-order valence-electron chi connectivity index (χ0n) is 20.6. The van der Waals surface area contributed by atoms with Crippen LogP contribution in [-0.2, 0) is 14.3 Å². The van der Waals surface area contributed by atoms with Gasteiger partial charge in [-0.2, -0.15) is 0 Å². The van der Waals surface area contributed by atoms with E-state index in [1.54, 1.807) is 6.92 Å². The van der Waals surface area contributed by atoms with E-state index in [1.807, 2.05) is 62.4 Å². The summed E-state index contributed by atoms with van der Waals surface area (Å²) < 4.78 is 5.44. The van der Waals surface area contributed by atoms with Crippen LogP contribution in [-0.4, -0.2) is 53.0 Å². The molecule has 36 heavy (non-hydrogen) atoms. The third-order valence-electron chi connectivity index (χ3n) is 6.66. The van der Waals surface area contributed by atoms with Crippen LogP contribution in [0.2, 0.25) is 0 Å². The van der Waals surface area contributed by atoms with Gasteiger partial charge in [-0.05, 0) is 34.6 Å². The Morgan fingerprint density at radius 1 is 1.08 bits per heavy atom. The number of alkyl carbamates (subject to hydrolysis) is 1. The Hall–Kier alpha value is -3.94. The molecule has 0 saturated carbocycles. The zero-order chi connectivity index (χ0) is 26.0. The summed E-state index contributed by atoms with van der Waals surface area (Å²) in [4.78, 5) is 41.0. The molecule has 8 heteroatoms. The molecule has 0 aromatic heterocycles. The van der Waals surface area contributed by atoms with E-state index in [9.17, 15) is 24.6 Å². The minimum atomic E-state index is -1.35. The van der Waals surface area contributed by atoms with E-state index in [-0.39, 0.29) is 53.7 Å². The minimum absolute atomic E-state index is 0.0473. The van der Waals surface area contributed by atoms with Gasteiger partial charge in [-0.1, -0.05) is 62.4 Å². The number of ether oxygens (including phenoxy) is 1. The van der Waals surface area contributed by atoms with Crippen LogP contribution in [0.25, 0.3) is 11.1 Å². The van der Waals surface area contributed by atoms with Crippen LogP contribution < -0.4 is 5.32 Å². The van der Waals surface area contributed by atoms with E-state index in [1.165, 1.54) is 0 Å². The fourth-order valence-electron chi connectivity index (χ4n) is 4.97. The summed E-state index contributed by atoms with van der Waals surface area (Å²) in [6, 6.07) is 14.5. The molecule has 0 unspecified atom stereocenters. The number of ketones is 1. The van der Waals surface area contributed by atoms with Crippen LogP contribution in [0.5, 0.6) is 0 Å². The first-order valence-electron chi connectivity index (χ1n) is 11.9. The normalized spacial score (nSPS) is 17.9. The number of rotatable bonds is 7. The number of carboxylic acids is 1. The Labute approximate surface area is 209 Å². The maximum Gasteiger partial charge on any atom is 0.407 e. The molecule has 2 aliphatic rings. The number of amides is 1. The number of hydrogen-bond acceptors (Lipinski definition) is 6. The first-order chi connectivity index (χ1) is 17.1. The Morgan fingerprint density at radius 3 is 2.22 bits per heavy atom. The molecule has 3 N–H and O–H groups in total. The topological polar surface area (TPSA) is 125 Å². The maximum atomic E-state index is 12.5. The van der Waals surface area contributed by atoms with Crippen molar-refractivity contribution in [3.8, 4) is 11.1 Å². The fraction of sp³-hybridized carbons (Fsp3) is 0.357. The smallest absolute Gasteiger partial charge is 0.407 e. The summed E-state index contributed by atoms with van der Waals surface area (Å²) in [7, 11) is 0. The number of Topliss-reactive ketones (excluding diaryl/α,β-unsaturated/α-hetero) is 1. The molecule has 1 amide bonds. The Bertz CT molecular complexity index is 1230. The average Bonchev–Trinajstić information content (AvgIpc) is 3.12. The number of allylic oxidation sites excluding steroid dienone is 2. The second-order valence-electron chi connectivity index (χ2n) is 10.0. The van der Waals surface area contributed by atoms with Crippen molar-refractivity contribution in [1.29, 1.82) is 0 Å². The van der Waals surface area contributed by atoms with Crippen molar-refractivity contribution in [1.82, 2.24) is 5.32 Å². The van der Waals surface area contributed by atoms with Crippen LogP contribution >= 0.6 is 0 Å². The molecule has 1 atom stereocenters.